The van der Waals surface area contributed by atoms with Crippen LogP contribution in [-0.4, -0.2) is 28.6 Å². The van der Waals surface area contributed by atoms with Crippen LogP contribution in [0.3, 0.4) is 0 Å². The molecular formula is C11H17NSi. The van der Waals surface area contributed by atoms with E-state index in [0.717, 1.165) is 16.8 Å². The summed E-state index contributed by atoms with van der Waals surface area (Å²) in [5.41, 5.74) is 2.61. The van der Waals surface area contributed by atoms with Crippen molar-refractivity contribution in [3.05, 3.63) is 42.0 Å². The molecular weight excluding hydrogens is 174 g/mol. The molecule has 0 amide bonds. The Balaban J connectivity index is 2.54. The molecule has 0 fully saturated rings. The first-order valence-electron chi connectivity index (χ1n) is 4.58. The minimum atomic E-state index is 1.15. The van der Waals surface area contributed by atoms with Gasteiger partial charge in [-0.25, -0.2) is 0 Å². The van der Waals surface area contributed by atoms with Gasteiger partial charge in [0.25, 0.3) is 0 Å². The molecule has 0 heterocycles. The predicted octanol–water partition coefficient (Wildman–Crippen LogP) is 1.08. The summed E-state index contributed by atoms with van der Waals surface area (Å²) in [5.74, 6) is 0. The second-order valence-electron chi connectivity index (χ2n) is 3.50. The van der Waals surface area contributed by atoms with E-state index >= 15 is 0 Å². The second kappa shape index (κ2) is 4.99. The molecule has 0 unspecified atom stereocenters. The topological polar surface area (TPSA) is 3.24 Å². The van der Waals surface area contributed by atoms with Gasteiger partial charge < -0.3 is 4.57 Å². The van der Waals surface area contributed by atoms with E-state index in [-0.39, 0.29) is 0 Å². The molecule has 0 saturated heterocycles. The van der Waals surface area contributed by atoms with Crippen molar-refractivity contribution in [2.45, 2.75) is 6.42 Å². The van der Waals surface area contributed by atoms with Crippen LogP contribution in [0.1, 0.15) is 11.1 Å². The lowest BCUT2D eigenvalue weighted by atomic mass is 10.1. The fourth-order valence-corrected chi connectivity index (χ4v) is 1.40. The molecule has 0 aliphatic rings. The van der Waals surface area contributed by atoms with Crippen molar-refractivity contribution in [3.63, 3.8) is 0 Å². The van der Waals surface area contributed by atoms with E-state index in [1.807, 2.05) is 6.08 Å². The quantitative estimate of drug-likeness (QED) is 0.644. The van der Waals surface area contributed by atoms with E-state index in [0.29, 0.717) is 0 Å². The Morgan fingerprint density at radius 1 is 1.38 bits per heavy atom. The largest absolute Gasteiger partial charge is 0.334 e. The first kappa shape index (κ1) is 10.2. The molecule has 0 radical (unpaired) electrons. The first-order chi connectivity index (χ1) is 6.22. The maximum atomic E-state index is 3.73. The Labute approximate surface area is 83.6 Å². The number of benzene rings is 1. The van der Waals surface area contributed by atoms with Crippen LogP contribution in [0.25, 0.3) is 6.08 Å². The van der Waals surface area contributed by atoms with Crippen molar-refractivity contribution in [2.24, 2.45) is 0 Å². The van der Waals surface area contributed by atoms with Crippen LogP contribution in [0, 0.1) is 0 Å². The van der Waals surface area contributed by atoms with Crippen molar-refractivity contribution in [2.75, 3.05) is 13.6 Å². The summed E-state index contributed by atoms with van der Waals surface area (Å²) in [6.45, 7) is 4.90. The third-order valence-electron chi connectivity index (χ3n) is 2.06. The van der Waals surface area contributed by atoms with Gasteiger partial charge in [-0.3, -0.25) is 0 Å². The lowest BCUT2D eigenvalue weighted by Gasteiger charge is -2.09. The lowest BCUT2D eigenvalue weighted by molar-refractivity contribution is 0.549. The summed E-state index contributed by atoms with van der Waals surface area (Å²) in [7, 11) is 3.30. The highest BCUT2D eigenvalue weighted by Crippen LogP contribution is 2.05. The molecule has 0 N–H and O–H groups in total. The highest BCUT2D eigenvalue weighted by atomic mass is 28.2. The first-order valence-corrected chi connectivity index (χ1v) is 5.48. The summed E-state index contributed by atoms with van der Waals surface area (Å²) in [6, 6.07) is 8.61. The molecule has 70 valence electrons. The zero-order valence-corrected chi connectivity index (χ0v) is 10.5. The average molecular weight is 191 g/mol. The Kier molecular flexibility index (Phi) is 3.93. The maximum absolute atomic E-state index is 3.73. The summed E-state index contributed by atoms with van der Waals surface area (Å²) in [4.78, 5) is 0. The van der Waals surface area contributed by atoms with Gasteiger partial charge in [0.1, 0.15) is 0 Å². The highest BCUT2D eigenvalue weighted by molar-refractivity contribution is 6.04. The van der Waals surface area contributed by atoms with Crippen LogP contribution in [-0.2, 0) is 6.42 Å². The molecule has 1 rings (SSSR count). The molecule has 1 nitrogen and oxygen atoms in total. The van der Waals surface area contributed by atoms with Crippen molar-refractivity contribution in [1.29, 1.82) is 0 Å². The Hall–Kier alpha value is -0.863. The molecule has 0 spiro atoms. The monoisotopic (exact) mass is 191 g/mol. The number of hydrogen-bond acceptors (Lipinski definition) is 1. The molecule has 13 heavy (non-hydrogen) atoms. The SMILES string of the molecule is C=Cc1ccc(CCN(C)[SiH3])cc1. The maximum Gasteiger partial charge on any atom is 0.0781 e. The summed E-state index contributed by atoms with van der Waals surface area (Å²) in [6.07, 6.45) is 3.03. The Morgan fingerprint density at radius 3 is 2.46 bits per heavy atom. The second-order valence-corrected chi connectivity index (χ2v) is 5.03. The van der Waals surface area contributed by atoms with Crippen molar-refractivity contribution < 1.29 is 0 Å². The molecule has 0 aromatic heterocycles. The van der Waals surface area contributed by atoms with Gasteiger partial charge in [-0.1, -0.05) is 36.9 Å². The van der Waals surface area contributed by atoms with Gasteiger partial charge in [0.2, 0.25) is 0 Å². The lowest BCUT2D eigenvalue weighted by Crippen LogP contribution is -2.16. The molecule has 0 saturated carbocycles. The predicted molar refractivity (Wildman–Crippen MR) is 62.8 cm³/mol. The summed E-state index contributed by atoms with van der Waals surface area (Å²) in [5, 5.41) is 0. The zero-order valence-electron chi connectivity index (χ0n) is 8.46. The minimum Gasteiger partial charge on any atom is -0.334 e. The highest BCUT2D eigenvalue weighted by Gasteiger charge is 1.93. The molecule has 0 atom stereocenters. The summed E-state index contributed by atoms with van der Waals surface area (Å²) >= 11 is 0. The third-order valence-corrected chi connectivity index (χ3v) is 2.51. The van der Waals surface area contributed by atoms with Crippen LogP contribution >= 0.6 is 0 Å². The van der Waals surface area contributed by atoms with E-state index in [2.05, 4.69) is 42.5 Å². The standard InChI is InChI=1S/C11H17NSi/c1-3-10-4-6-11(7-5-10)8-9-12(2)13/h3-7H,1,8-9H2,2,13H3. The van der Waals surface area contributed by atoms with E-state index in [1.165, 1.54) is 17.7 Å². The normalized spacial score (nSPS) is 10.6. The molecule has 1 aromatic rings. The van der Waals surface area contributed by atoms with Gasteiger partial charge in [-0.05, 0) is 31.1 Å². The van der Waals surface area contributed by atoms with E-state index in [1.54, 1.807) is 0 Å². The number of hydrogen-bond donors (Lipinski definition) is 0. The van der Waals surface area contributed by atoms with E-state index < -0.39 is 0 Å². The Bertz CT molecular complexity index is 264. The van der Waals surface area contributed by atoms with Crippen molar-refractivity contribution in [3.8, 4) is 0 Å². The van der Waals surface area contributed by atoms with Crippen LogP contribution in [0.4, 0.5) is 0 Å². The number of rotatable bonds is 4. The van der Waals surface area contributed by atoms with Gasteiger partial charge in [-0.15, -0.1) is 0 Å². The van der Waals surface area contributed by atoms with Gasteiger partial charge in [0, 0.05) is 0 Å². The molecule has 0 aliphatic carbocycles. The zero-order chi connectivity index (χ0) is 9.68. The van der Waals surface area contributed by atoms with Crippen LogP contribution in [0.5, 0.6) is 0 Å². The molecule has 0 bridgehead atoms. The van der Waals surface area contributed by atoms with E-state index in [4.69, 9.17) is 0 Å². The van der Waals surface area contributed by atoms with Crippen molar-refractivity contribution in [1.82, 2.24) is 4.57 Å². The number of nitrogens with zero attached hydrogens (tertiary/aromatic N) is 1. The van der Waals surface area contributed by atoms with Gasteiger partial charge >= 0.3 is 0 Å². The number of likely N-dealkylation sites (N-methyl/N-ethyl adjacent to an activating group) is 1. The van der Waals surface area contributed by atoms with Gasteiger partial charge in [0.15, 0.2) is 0 Å². The molecule has 0 aliphatic heterocycles. The fourth-order valence-electron chi connectivity index (χ4n) is 1.17. The third kappa shape index (κ3) is 3.57. The average Bonchev–Trinajstić information content (AvgIpc) is 2.15. The Morgan fingerprint density at radius 2 is 2.00 bits per heavy atom. The van der Waals surface area contributed by atoms with Gasteiger partial charge in [0.05, 0.1) is 10.4 Å². The minimum absolute atomic E-state index is 1.15. The van der Waals surface area contributed by atoms with Gasteiger partial charge in [-0.2, -0.15) is 0 Å². The van der Waals surface area contributed by atoms with Crippen molar-refractivity contribution >= 4 is 16.5 Å². The van der Waals surface area contributed by atoms with Crippen LogP contribution in [0.2, 0.25) is 0 Å². The van der Waals surface area contributed by atoms with Crippen LogP contribution in [0.15, 0.2) is 30.8 Å². The fraction of sp³-hybridized carbons (Fsp3) is 0.273. The molecule has 1 aromatic carbocycles. The molecule has 2 heteroatoms. The smallest absolute Gasteiger partial charge is 0.0781 e. The van der Waals surface area contributed by atoms with Crippen LogP contribution < -0.4 is 0 Å². The summed E-state index contributed by atoms with van der Waals surface area (Å²) < 4.78 is 2.33. The van der Waals surface area contributed by atoms with E-state index in [9.17, 15) is 0 Å².